The monoisotopic (exact) mass is 266 g/mol. The molecule has 1 aromatic heterocycles. The van der Waals surface area contributed by atoms with E-state index in [0.717, 1.165) is 0 Å². The number of aromatic nitrogens is 1. The quantitative estimate of drug-likeness (QED) is 0.905. The summed E-state index contributed by atoms with van der Waals surface area (Å²) in [4.78, 5) is 4.08. The number of nitrogens with one attached hydrogen (secondary N) is 1. The molecule has 0 spiro atoms. The highest BCUT2D eigenvalue weighted by Crippen LogP contribution is 2.26. The lowest BCUT2D eigenvalue weighted by molar-refractivity contribution is 0.494. The van der Waals surface area contributed by atoms with Crippen LogP contribution in [0.2, 0.25) is 0 Å². The van der Waals surface area contributed by atoms with Crippen LogP contribution in [-0.4, -0.2) is 4.98 Å². The Bertz CT molecular complexity index is 577. The lowest BCUT2D eigenvalue weighted by atomic mass is 10.0. The van der Waals surface area contributed by atoms with E-state index in [1.165, 1.54) is 30.4 Å². The van der Waals surface area contributed by atoms with E-state index >= 15 is 0 Å². The maximum atomic E-state index is 4.08. The first-order valence-corrected chi connectivity index (χ1v) is 7.51. The molecule has 2 atom stereocenters. The topological polar surface area (TPSA) is 24.9 Å². The fourth-order valence-electron chi connectivity index (χ4n) is 3.08. The number of rotatable bonds is 4. The minimum atomic E-state index is 0.334. The van der Waals surface area contributed by atoms with Crippen LogP contribution in [-0.2, 0) is 12.8 Å². The average Bonchev–Trinajstić information content (AvgIpc) is 2.95. The maximum Gasteiger partial charge on any atom is 0.0298 e. The summed E-state index contributed by atoms with van der Waals surface area (Å²) in [6.45, 7) is 4.45. The Balaban J connectivity index is 1.71. The highest BCUT2D eigenvalue weighted by molar-refractivity contribution is 5.36. The number of aryl methyl sites for hydroxylation is 2. The number of pyridine rings is 1. The molecule has 0 saturated carbocycles. The molecule has 2 aromatic rings. The highest BCUT2D eigenvalue weighted by Gasteiger charge is 2.15. The number of hydrogen-bond acceptors (Lipinski definition) is 2. The van der Waals surface area contributed by atoms with Crippen molar-refractivity contribution in [1.29, 1.82) is 0 Å². The van der Waals surface area contributed by atoms with Gasteiger partial charge in [0.25, 0.3) is 0 Å². The lowest BCUT2D eigenvalue weighted by Crippen LogP contribution is -2.22. The van der Waals surface area contributed by atoms with Crippen molar-refractivity contribution in [1.82, 2.24) is 10.3 Å². The maximum absolute atomic E-state index is 4.08. The molecule has 104 valence electrons. The first kappa shape index (κ1) is 13.3. The van der Waals surface area contributed by atoms with E-state index in [2.05, 4.69) is 54.5 Å². The minimum absolute atomic E-state index is 0.334. The summed E-state index contributed by atoms with van der Waals surface area (Å²) in [7, 11) is 0. The largest absolute Gasteiger partial charge is 0.304 e. The summed E-state index contributed by atoms with van der Waals surface area (Å²) < 4.78 is 0. The van der Waals surface area contributed by atoms with Crippen LogP contribution in [0.15, 0.2) is 42.7 Å². The molecule has 2 heteroatoms. The second-order valence-corrected chi connectivity index (χ2v) is 5.77. The van der Waals surface area contributed by atoms with Gasteiger partial charge in [0.2, 0.25) is 0 Å². The van der Waals surface area contributed by atoms with Gasteiger partial charge >= 0.3 is 0 Å². The summed E-state index contributed by atoms with van der Waals surface area (Å²) in [5.74, 6) is 0. The zero-order chi connectivity index (χ0) is 13.9. The first-order valence-electron chi connectivity index (χ1n) is 7.51. The van der Waals surface area contributed by atoms with Gasteiger partial charge in [-0.25, -0.2) is 0 Å². The van der Waals surface area contributed by atoms with Gasteiger partial charge in [0.05, 0.1) is 0 Å². The van der Waals surface area contributed by atoms with Crippen molar-refractivity contribution in [2.45, 2.75) is 45.2 Å². The number of hydrogen-bond donors (Lipinski definition) is 1. The second kappa shape index (κ2) is 5.76. The van der Waals surface area contributed by atoms with Crippen LogP contribution in [0.4, 0.5) is 0 Å². The van der Waals surface area contributed by atoms with E-state index in [1.54, 1.807) is 11.1 Å². The van der Waals surface area contributed by atoms with Crippen LogP contribution in [0.25, 0.3) is 0 Å². The van der Waals surface area contributed by atoms with Gasteiger partial charge in [0.15, 0.2) is 0 Å². The van der Waals surface area contributed by atoms with E-state index < -0.39 is 0 Å². The Kier molecular flexibility index (Phi) is 3.83. The molecule has 1 aromatic carbocycles. The van der Waals surface area contributed by atoms with E-state index in [-0.39, 0.29) is 0 Å². The van der Waals surface area contributed by atoms with Crippen molar-refractivity contribution in [3.05, 3.63) is 65.0 Å². The van der Waals surface area contributed by atoms with Crippen LogP contribution < -0.4 is 5.32 Å². The number of fused-ring (bicyclic) bond motifs is 1. The molecule has 0 aliphatic heterocycles. The van der Waals surface area contributed by atoms with E-state index in [1.807, 2.05) is 12.4 Å². The number of benzene rings is 1. The van der Waals surface area contributed by atoms with Gasteiger partial charge in [-0.2, -0.15) is 0 Å². The van der Waals surface area contributed by atoms with Crippen molar-refractivity contribution in [2.75, 3.05) is 0 Å². The molecule has 2 nitrogen and oxygen atoms in total. The van der Waals surface area contributed by atoms with Crippen molar-refractivity contribution < 1.29 is 0 Å². The fourth-order valence-corrected chi connectivity index (χ4v) is 3.08. The van der Waals surface area contributed by atoms with Gasteiger partial charge in [-0.05, 0) is 67.5 Å². The summed E-state index contributed by atoms with van der Waals surface area (Å²) in [6.07, 6.45) is 7.52. The molecule has 0 saturated heterocycles. The summed E-state index contributed by atoms with van der Waals surface area (Å²) in [5, 5.41) is 3.68. The minimum Gasteiger partial charge on any atom is -0.304 e. The molecular formula is C18H22N2. The molecule has 20 heavy (non-hydrogen) atoms. The normalized spacial score (nSPS) is 16.7. The van der Waals surface area contributed by atoms with Gasteiger partial charge in [-0.15, -0.1) is 0 Å². The van der Waals surface area contributed by atoms with Crippen molar-refractivity contribution in [3.63, 3.8) is 0 Å². The summed E-state index contributed by atoms with van der Waals surface area (Å²) in [5.41, 5.74) is 5.77. The Morgan fingerprint density at radius 1 is 0.900 bits per heavy atom. The molecule has 0 radical (unpaired) electrons. The van der Waals surface area contributed by atoms with Crippen molar-refractivity contribution in [2.24, 2.45) is 0 Å². The SMILES string of the molecule is CC(NC(C)c1ccc2c(c1)CCC2)c1ccncc1. The third kappa shape index (κ3) is 2.75. The van der Waals surface area contributed by atoms with Gasteiger partial charge in [0, 0.05) is 24.5 Å². The number of nitrogens with zero attached hydrogens (tertiary/aromatic N) is 1. The molecule has 0 amide bonds. The van der Waals surface area contributed by atoms with E-state index in [4.69, 9.17) is 0 Å². The zero-order valence-corrected chi connectivity index (χ0v) is 12.3. The summed E-state index contributed by atoms with van der Waals surface area (Å²) in [6, 6.07) is 11.8. The van der Waals surface area contributed by atoms with Gasteiger partial charge in [-0.3, -0.25) is 4.98 Å². The molecule has 1 aliphatic carbocycles. The third-order valence-electron chi connectivity index (χ3n) is 4.33. The van der Waals surface area contributed by atoms with Crippen LogP contribution in [0.5, 0.6) is 0 Å². The smallest absolute Gasteiger partial charge is 0.0298 e. The predicted molar refractivity (Wildman–Crippen MR) is 82.7 cm³/mol. The standard InChI is InChI=1S/C18H22N2/c1-13(15-8-10-19-11-9-15)20-14(2)17-7-6-16-4-3-5-18(16)12-17/h6-14,20H,3-5H2,1-2H3. The zero-order valence-electron chi connectivity index (χ0n) is 12.3. The Morgan fingerprint density at radius 3 is 2.40 bits per heavy atom. The molecule has 0 fully saturated rings. The van der Waals surface area contributed by atoms with Crippen molar-refractivity contribution in [3.8, 4) is 0 Å². The van der Waals surface area contributed by atoms with E-state index in [0.29, 0.717) is 12.1 Å². The molecule has 1 N–H and O–H groups in total. The highest BCUT2D eigenvalue weighted by atomic mass is 14.9. The average molecular weight is 266 g/mol. The van der Waals surface area contributed by atoms with Gasteiger partial charge < -0.3 is 5.32 Å². The molecule has 2 unspecified atom stereocenters. The summed E-state index contributed by atoms with van der Waals surface area (Å²) >= 11 is 0. The van der Waals surface area contributed by atoms with Gasteiger partial charge in [0.1, 0.15) is 0 Å². The molecule has 1 heterocycles. The predicted octanol–water partition coefficient (Wildman–Crippen LogP) is 3.98. The third-order valence-corrected chi connectivity index (χ3v) is 4.33. The van der Waals surface area contributed by atoms with Crippen molar-refractivity contribution >= 4 is 0 Å². The fraction of sp³-hybridized carbons (Fsp3) is 0.389. The van der Waals surface area contributed by atoms with Crippen LogP contribution in [0.1, 0.15) is 54.6 Å². The molecule has 3 rings (SSSR count). The Labute approximate surface area is 121 Å². The molecule has 1 aliphatic rings. The van der Waals surface area contributed by atoms with Gasteiger partial charge in [-0.1, -0.05) is 18.2 Å². The van der Waals surface area contributed by atoms with Crippen LogP contribution >= 0.6 is 0 Å². The first-order chi connectivity index (χ1) is 9.74. The Hall–Kier alpha value is -1.67. The van der Waals surface area contributed by atoms with Crippen LogP contribution in [0, 0.1) is 0 Å². The molecule has 0 bridgehead atoms. The van der Waals surface area contributed by atoms with Crippen LogP contribution in [0.3, 0.4) is 0 Å². The van der Waals surface area contributed by atoms with E-state index in [9.17, 15) is 0 Å². The second-order valence-electron chi connectivity index (χ2n) is 5.77. The molecular weight excluding hydrogens is 244 g/mol. The lowest BCUT2D eigenvalue weighted by Gasteiger charge is -2.21. The Morgan fingerprint density at radius 2 is 1.60 bits per heavy atom.